The Morgan fingerprint density at radius 1 is 1.14 bits per heavy atom. The van der Waals surface area contributed by atoms with Crippen LogP contribution in [0, 0.1) is 25.7 Å². The van der Waals surface area contributed by atoms with E-state index in [1.165, 1.54) is 49.0 Å². The Bertz CT molecular complexity index is 453. The molecular weight excluding hydrogens is 256 g/mol. The molecule has 0 aliphatic carbocycles. The molecule has 0 amide bonds. The zero-order valence-corrected chi connectivity index (χ0v) is 14.2. The molecule has 1 aromatic rings. The molecule has 2 N–H and O–H groups in total. The molecule has 1 heterocycles. The summed E-state index contributed by atoms with van der Waals surface area (Å²) in [6.07, 6.45) is 4.03. The number of hydrogen-bond acceptors (Lipinski definition) is 2. The number of nitrogens with two attached hydrogens (primary N) is 1. The standard InChI is InChI=1S/C19H32N2/c1-14(2)17-6-5-10-21(11-9-17)13-19(20)18-8-7-15(3)16(4)12-18/h7-8,12,14,17,19H,5-6,9-11,13,20H2,1-4H3. The second-order valence-corrected chi connectivity index (χ2v) is 7.19. The van der Waals surface area contributed by atoms with E-state index in [9.17, 15) is 0 Å². The van der Waals surface area contributed by atoms with Crippen molar-refractivity contribution in [3.05, 3.63) is 34.9 Å². The molecule has 1 saturated heterocycles. The van der Waals surface area contributed by atoms with E-state index in [1.807, 2.05) is 0 Å². The number of hydrogen-bond donors (Lipinski definition) is 1. The third kappa shape index (κ3) is 4.55. The van der Waals surface area contributed by atoms with Crippen LogP contribution < -0.4 is 5.73 Å². The molecule has 0 radical (unpaired) electrons. The van der Waals surface area contributed by atoms with Gasteiger partial charge in [-0.05, 0) is 74.7 Å². The molecule has 1 aliphatic rings. The lowest BCUT2D eigenvalue weighted by molar-refractivity contribution is 0.257. The minimum absolute atomic E-state index is 0.139. The van der Waals surface area contributed by atoms with E-state index in [0.717, 1.165) is 18.4 Å². The third-order valence-electron chi connectivity index (χ3n) is 5.22. The molecule has 1 fully saturated rings. The summed E-state index contributed by atoms with van der Waals surface area (Å²) in [7, 11) is 0. The SMILES string of the molecule is Cc1ccc(C(N)CN2CCCC(C(C)C)CC2)cc1C. The highest BCUT2D eigenvalue weighted by Gasteiger charge is 2.21. The fourth-order valence-electron chi connectivity index (χ4n) is 3.41. The summed E-state index contributed by atoms with van der Waals surface area (Å²) in [5, 5.41) is 0. The lowest BCUT2D eigenvalue weighted by atomic mass is 9.89. The van der Waals surface area contributed by atoms with Crippen molar-refractivity contribution in [2.24, 2.45) is 17.6 Å². The topological polar surface area (TPSA) is 29.3 Å². The fraction of sp³-hybridized carbons (Fsp3) is 0.684. The highest BCUT2D eigenvalue weighted by atomic mass is 15.1. The fourth-order valence-corrected chi connectivity index (χ4v) is 3.41. The Hall–Kier alpha value is -0.860. The molecule has 2 nitrogen and oxygen atoms in total. The molecule has 0 spiro atoms. The molecule has 2 heteroatoms. The summed E-state index contributed by atoms with van der Waals surface area (Å²) >= 11 is 0. The molecular formula is C19H32N2. The van der Waals surface area contributed by atoms with Crippen LogP contribution in [0.2, 0.25) is 0 Å². The Morgan fingerprint density at radius 2 is 1.90 bits per heavy atom. The normalized spacial score (nSPS) is 22.3. The highest BCUT2D eigenvalue weighted by molar-refractivity contribution is 5.31. The Kier molecular flexibility index (Phi) is 5.83. The molecule has 0 bridgehead atoms. The number of rotatable bonds is 4. The van der Waals surface area contributed by atoms with Crippen LogP contribution in [0.15, 0.2) is 18.2 Å². The summed E-state index contributed by atoms with van der Waals surface area (Å²) in [5.41, 5.74) is 10.4. The van der Waals surface area contributed by atoms with Gasteiger partial charge in [0.1, 0.15) is 0 Å². The van der Waals surface area contributed by atoms with Crippen molar-refractivity contribution in [1.82, 2.24) is 4.90 Å². The second-order valence-electron chi connectivity index (χ2n) is 7.19. The van der Waals surface area contributed by atoms with Crippen molar-refractivity contribution in [2.45, 2.75) is 53.0 Å². The molecule has 1 aliphatic heterocycles. The van der Waals surface area contributed by atoms with Crippen molar-refractivity contribution in [3.63, 3.8) is 0 Å². The zero-order chi connectivity index (χ0) is 15.4. The number of likely N-dealkylation sites (tertiary alicyclic amines) is 1. The Balaban J connectivity index is 1.93. The van der Waals surface area contributed by atoms with Gasteiger partial charge < -0.3 is 10.6 Å². The van der Waals surface area contributed by atoms with Crippen LogP contribution in [0.4, 0.5) is 0 Å². The lowest BCUT2D eigenvalue weighted by Gasteiger charge is -2.25. The van der Waals surface area contributed by atoms with Crippen LogP contribution in [-0.2, 0) is 0 Å². The number of aryl methyl sites for hydroxylation is 2. The Labute approximate surface area is 130 Å². The first-order chi connectivity index (χ1) is 9.97. The predicted octanol–water partition coefficient (Wildman–Crippen LogP) is 4.06. The van der Waals surface area contributed by atoms with Crippen molar-refractivity contribution in [1.29, 1.82) is 0 Å². The molecule has 0 aromatic heterocycles. The van der Waals surface area contributed by atoms with E-state index in [4.69, 9.17) is 5.73 Å². The van der Waals surface area contributed by atoms with Crippen molar-refractivity contribution in [2.75, 3.05) is 19.6 Å². The van der Waals surface area contributed by atoms with Gasteiger partial charge in [0, 0.05) is 12.6 Å². The van der Waals surface area contributed by atoms with E-state index < -0.39 is 0 Å². The largest absolute Gasteiger partial charge is 0.323 e. The van der Waals surface area contributed by atoms with Gasteiger partial charge in [0.15, 0.2) is 0 Å². The number of nitrogens with zero attached hydrogens (tertiary/aromatic N) is 1. The van der Waals surface area contributed by atoms with Crippen LogP contribution in [0.1, 0.15) is 55.8 Å². The monoisotopic (exact) mass is 288 g/mol. The van der Waals surface area contributed by atoms with Crippen molar-refractivity contribution in [3.8, 4) is 0 Å². The first-order valence-electron chi connectivity index (χ1n) is 8.52. The molecule has 0 saturated carbocycles. The van der Waals surface area contributed by atoms with Crippen molar-refractivity contribution < 1.29 is 0 Å². The average Bonchev–Trinajstić information content (AvgIpc) is 2.67. The van der Waals surface area contributed by atoms with Crippen LogP contribution in [0.3, 0.4) is 0 Å². The van der Waals surface area contributed by atoms with Crippen LogP contribution in [0.25, 0.3) is 0 Å². The molecule has 21 heavy (non-hydrogen) atoms. The molecule has 2 rings (SSSR count). The second kappa shape index (κ2) is 7.42. The van der Waals surface area contributed by atoms with Crippen LogP contribution in [-0.4, -0.2) is 24.5 Å². The third-order valence-corrected chi connectivity index (χ3v) is 5.22. The summed E-state index contributed by atoms with van der Waals surface area (Å²) < 4.78 is 0. The summed E-state index contributed by atoms with van der Waals surface area (Å²) in [6, 6.07) is 6.79. The smallest absolute Gasteiger partial charge is 0.0424 e. The predicted molar refractivity (Wildman–Crippen MR) is 91.5 cm³/mol. The maximum absolute atomic E-state index is 6.45. The minimum Gasteiger partial charge on any atom is -0.323 e. The summed E-state index contributed by atoms with van der Waals surface area (Å²) in [5.74, 6) is 1.71. The van der Waals surface area contributed by atoms with Gasteiger partial charge >= 0.3 is 0 Å². The molecule has 1 aromatic carbocycles. The van der Waals surface area contributed by atoms with Gasteiger partial charge in [-0.2, -0.15) is 0 Å². The molecule has 2 unspecified atom stereocenters. The van der Waals surface area contributed by atoms with E-state index in [0.29, 0.717) is 0 Å². The van der Waals surface area contributed by atoms with Crippen molar-refractivity contribution >= 4 is 0 Å². The lowest BCUT2D eigenvalue weighted by Crippen LogP contribution is -2.33. The summed E-state index contributed by atoms with van der Waals surface area (Å²) in [6.45, 7) is 12.5. The highest BCUT2D eigenvalue weighted by Crippen LogP contribution is 2.25. The quantitative estimate of drug-likeness (QED) is 0.905. The van der Waals surface area contributed by atoms with Gasteiger partial charge in [-0.3, -0.25) is 0 Å². The van der Waals surface area contributed by atoms with Gasteiger partial charge in [-0.25, -0.2) is 0 Å². The van der Waals surface area contributed by atoms with Gasteiger partial charge in [0.2, 0.25) is 0 Å². The zero-order valence-electron chi connectivity index (χ0n) is 14.2. The average molecular weight is 288 g/mol. The van der Waals surface area contributed by atoms with E-state index >= 15 is 0 Å². The molecule has 118 valence electrons. The number of benzene rings is 1. The van der Waals surface area contributed by atoms with E-state index in [2.05, 4.69) is 50.8 Å². The maximum Gasteiger partial charge on any atom is 0.0424 e. The van der Waals surface area contributed by atoms with Crippen LogP contribution >= 0.6 is 0 Å². The Morgan fingerprint density at radius 3 is 2.57 bits per heavy atom. The van der Waals surface area contributed by atoms with Gasteiger partial charge in [-0.15, -0.1) is 0 Å². The first kappa shape index (κ1) is 16.5. The van der Waals surface area contributed by atoms with E-state index in [-0.39, 0.29) is 6.04 Å². The minimum atomic E-state index is 0.139. The van der Waals surface area contributed by atoms with Gasteiger partial charge in [0.25, 0.3) is 0 Å². The van der Waals surface area contributed by atoms with Gasteiger partial charge in [-0.1, -0.05) is 32.0 Å². The maximum atomic E-state index is 6.45. The van der Waals surface area contributed by atoms with E-state index in [1.54, 1.807) is 0 Å². The van der Waals surface area contributed by atoms with Gasteiger partial charge in [0.05, 0.1) is 0 Å². The molecule has 2 atom stereocenters. The first-order valence-corrected chi connectivity index (χ1v) is 8.52. The summed E-state index contributed by atoms with van der Waals surface area (Å²) in [4.78, 5) is 2.57. The van der Waals surface area contributed by atoms with Crippen LogP contribution in [0.5, 0.6) is 0 Å².